The van der Waals surface area contributed by atoms with E-state index in [2.05, 4.69) is 12.2 Å². The number of unbranched alkanes of at least 4 members (excludes halogenated alkanes) is 3. The molecule has 0 heterocycles. The molecule has 0 aromatic heterocycles. The van der Waals surface area contributed by atoms with Gasteiger partial charge >= 0.3 is 0 Å². The number of primary amides is 1. The van der Waals surface area contributed by atoms with Gasteiger partial charge in [-0.3, -0.25) is 9.59 Å². The molecule has 112 valence electrons. The van der Waals surface area contributed by atoms with E-state index in [1.807, 2.05) is 6.07 Å². The molecule has 0 fully saturated rings. The minimum absolute atomic E-state index is 0.348. The van der Waals surface area contributed by atoms with Crippen LogP contribution in [0.2, 0.25) is 0 Å². The molecular weight excluding hydrogens is 266 g/mol. The van der Waals surface area contributed by atoms with E-state index in [9.17, 15) is 9.59 Å². The lowest BCUT2D eigenvalue weighted by atomic mass is 10.1. The lowest BCUT2D eigenvalue weighted by Crippen LogP contribution is -2.44. The van der Waals surface area contributed by atoms with Crippen LogP contribution in [0.1, 0.15) is 54.9 Å². The van der Waals surface area contributed by atoms with Gasteiger partial charge in [-0.25, -0.2) is 0 Å². The maximum Gasteiger partial charge on any atom is 0.251 e. The highest BCUT2D eigenvalue weighted by atomic mass is 16.2. The summed E-state index contributed by atoms with van der Waals surface area (Å²) < 4.78 is 0. The molecule has 1 rings (SSSR count). The van der Waals surface area contributed by atoms with Crippen LogP contribution in [0.15, 0.2) is 24.3 Å². The Kier molecular flexibility index (Phi) is 6.96. The van der Waals surface area contributed by atoms with E-state index >= 15 is 0 Å². The highest BCUT2D eigenvalue weighted by molar-refractivity contribution is 5.97. The van der Waals surface area contributed by atoms with Gasteiger partial charge in [-0.05, 0) is 30.7 Å². The van der Waals surface area contributed by atoms with Crippen LogP contribution >= 0.6 is 0 Å². The van der Waals surface area contributed by atoms with Gasteiger partial charge in [0.15, 0.2) is 0 Å². The lowest BCUT2D eigenvalue weighted by molar-refractivity contribution is -0.120. The molecule has 1 aromatic carbocycles. The average Bonchev–Trinajstić information content (AvgIpc) is 2.50. The van der Waals surface area contributed by atoms with Gasteiger partial charge in [0.1, 0.15) is 6.04 Å². The van der Waals surface area contributed by atoms with Gasteiger partial charge in [-0.2, -0.15) is 5.26 Å². The van der Waals surface area contributed by atoms with Crippen molar-refractivity contribution in [3.63, 3.8) is 0 Å². The zero-order valence-electron chi connectivity index (χ0n) is 12.3. The molecule has 0 aliphatic carbocycles. The molecule has 0 saturated heterocycles. The molecule has 1 atom stereocenters. The number of nitrogens with one attached hydrogen (secondary N) is 1. The second-order valence-corrected chi connectivity index (χ2v) is 4.97. The molecule has 0 aliphatic heterocycles. The third kappa shape index (κ3) is 5.65. The summed E-state index contributed by atoms with van der Waals surface area (Å²) in [6, 6.07) is 7.58. The molecule has 5 nitrogen and oxygen atoms in total. The normalized spacial score (nSPS) is 11.4. The fourth-order valence-corrected chi connectivity index (χ4v) is 2.00. The van der Waals surface area contributed by atoms with Gasteiger partial charge in [0.2, 0.25) is 5.91 Å². The Balaban J connectivity index is 2.59. The summed E-state index contributed by atoms with van der Waals surface area (Å²) in [7, 11) is 0. The van der Waals surface area contributed by atoms with E-state index < -0.39 is 11.9 Å². The fraction of sp³-hybridized carbons (Fsp3) is 0.438. The van der Waals surface area contributed by atoms with Crippen LogP contribution in [0.5, 0.6) is 0 Å². The van der Waals surface area contributed by atoms with Gasteiger partial charge in [-0.1, -0.05) is 32.6 Å². The van der Waals surface area contributed by atoms with Gasteiger partial charge in [-0.15, -0.1) is 0 Å². The lowest BCUT2D eigenvalue weighted by Gasteiger charge is -2.15. The number of nitrogens with zero attached hydrogens (tertiary/aromatic N) is 1. The molecule has 1 aromatic rings. The van der Waals surface area contributed by atoms with E-state index in [4.69, 9.17) is 11.0 Å². The Morgan fingerprint density at radius 1 is 1.24 bits per heavy atom. The summed E-state index contributed by atoms with van der Waals surface area (Å²) in [5.74, 6) is -0.868. The topological polar surface area (TPSA) is 96.0 Å². The number of hydrogen-bond acceptors (Lipinski definition) is 3. The Labute approximate surface area is 125 Å². The first-order chi connectivity index (χ1) is 10.1. The minimum Gasteiger partial charge on any atom is -0.368 e. The van der Waals surface area contributed by atoms with E-state index in [1.54, 1.807) is 24.3 Å². The zero-order valence-corrected chi connectivity index (χ0v) is 12.3. The number of amides is 2. The molecule has 2 amide bonds. The van der Waals surface area contributed by atoms with Crippen LogP contribution in [0.3, 0.4) is 0 Å². The summed E-state index contributed by atoms with van der Waals surface area (Å²) in [5.41, 5.74) is 6.22. The third-order valence-electron chi connectivity index (χ3n) is 3.27. The quantitative estimate of drug-likeness (QED) is 0.717. The summed E-state index contributed by atoms with van der Waals surface area (Å²) in [6.07, 6.45) is 4.65. The molecule has 0 saturated carbocycles. The molecule has 5 heteroatoms. The summed E-state index contributed by atoms with van der Waals surface area (Å²) in [6.45, 7) is 2.11. The molecule has 0 bridgehead atoms. The molecular formula is C16H21N3O2. The monoisotopic (exact) mass is 287 g/mol. The van der Waals surface area contributed by atoms with Crippen LogP contribution < -0.4 is 11.1 Å². The Bertz CT molecular complexity index is 517. The maximum absolute atomic E-state index is 12.0. The first kappa shape index (κ1) is 16.7. The number of nitriles is 1. The van der Waals surface area contributed by atoms with Crippen molar-refractivity contribution in [3.8, 4) is 6.07 Å². The number of rotatable bonds is 8. The summed E-state index contributed by atoms with van der Waals surface area (Å²) in [4.78, 5) is 23.4. The zero-order chi connectivity index (χ0) is 15.7. The molecule has 0 spiro atoms. The summed E-state index contributed by atoms with van der Waals surface area (Å²) in [5, 5.41) is 11.4. The van der Waals surface area contributed by atoms with Crippen LogP contribution in [-0.2, 0) is 4.79 Å². The number of nitrogens with two attached hydrogens (primary N) is 1. The Morgan fingerprint density at radius 2 is 1.90 bits per heavy atom. The molecule has 0 unspecified atom stereocenters. The molecule has 3 N–H and O–H groups in total. The number of carbonyl (C=O) groups excluding carboxylic acids is 2. The average molecular weight is 287 g/mol. The van der Waals surface area contributed by atoms with Crippen molar-refractivity contribution < 1.29 is 9.59 Å². The second kappa shape index (κ2) is 8.75. The van der Waals surface area contributed by atoms with Crippen molar-refractivity contribution in [2.24, 2.45) is 5.73 Å². The van der Waals surface area contributed by atoms with Crippen molar-refractivity contribution in [2.45, 2.75) is 45.1 Å². The number of hydrogen-bond donors (Lipinski definition) is 2. The third-order valence-corrected chi connectivity index (χ3v) is 3.27. The van der Waals surface area contributed by atoms with Gasteiger partial charge < -0.3 is 11.1 Å². The first-order valence-electron chi connectivity index (χ1n) is 7.18. The largest absolute Gasteiger partial charge is 0.368 e. The SMILES string of the molecule is CCCCCC[C@@H](NC(=O)c1ccc(C#N)cc1)C(N)=O. The highest BCUT2D eigenvalue weighted by Gasteiger charge is 2.18. The molecule has 21 heavy (non-hydrogen) atoms. The van der Waals surface area contributed by atoms with Crippen LogP contribution in [0.4, 0.5) is 0 Å². The van der Waals surface area contributed by atoms with E-state index in [-0.39, 0.29) is 5.91 Å². The number of benzene rings is 1. The van der Waals surface area contributed by atoms with E-state index in [1.165, 1.54) is 0 Å². The van der Waals surface area contributed by atoms with Crippen molar-refractivity contribution >= 4 is 11.8 Å². The van der Waals surface area contributed by atoms with Gasteiger partial charge in [0.25, 0.3) is 5.91 Å². The minimum atomic E-state index is -0.648. The van der Waals surface area contributed by atoms with Gasteiger partial charge in [0, 0.05) is 5.56 Å². The van der Waals surface area contributed by atoms with Crippen LogP contribution in [0, 0.1) is 11.3 Å². The van der Waals surface area contributed by atoms with Crippen LogP contribution in [-0.4, -0.2) is 17.9 Å². The fourth-order valence-electron chi connectivity index (χ4n) is 2.00. The van der Waals surface area contributed by atoms with Crippen molar-refractivity contribution in [3.05, 3.63) is 35.4 Å². The second-order valence-electron chi connectivity index (χ2n) is 4.97. The Morgan fingerprint density at radius 3 is 2.43 bits per heavy atom. The predicted molar refractivity (Wildman–Crippen MR) is 80.4 cm³/mol. The van der Waals surface area contributed by atoms with E-state index in [0.717, 1.165) is 25.7 Å². The molecule has 0 radical (unpaired) electrons. The van der Waals surface area contributed by atoms with Crippen molar-refractivity contribution in [2.75, 3.05) is 0 Å². The molecule has 0 aliphatic rings. The highest BCUT2D eigenvalue weighted by Crippen LogP contribution is 2.08. The van der Waals surface area contributed by atoms with Crippen molar-refractivity contribution in [1.82, 2.24) is 5.32 Å². The summed E-state index contributed by atoms with van der Waals surface area (Å²) >= 11 is 0. The van der Waals surface area contributed by atoms with Crippen molar-refractivity contribution in [1.29, 1.82) is 5.26 Å². The maximum atomic E-state index is 12.0. The number of carbonyl (C=O) groups is 2. The predicted octanol–water partition coefficient (Wildman–Crippen LogP) is 2.11. The smallest absolute Gasteiger partial charge is 0.251 e. The standard InChI is InChI=1S/C16H21N3O2/c1-2-3-4-5-6-14(15(18)20)19-16(21)13-9-7-12(11-17)8-10-13/h7-10,14H,2-6H2,1H3,(H2,18,20)(H,19,21)/t14-/m1/s1. The van der Waals surface area contributed by atoms with Crippen LogP contribution in [0.25, 0.3) is 0 Å². The van der Waals surface area contributed by atoms with E-state index in [0.29, 0.717) is 17.5 Å². The Hall–Kier alpha value is -2.35. The first-order valence-corrected chi connectivity index (χ1v) is 7.18. The van der Waals surface area contributed by atoms with Gasteiger partial charge in [0.05, 0.1) is 11.6 Å².